The van der Waals surface area contributed by atoms with E-state index in [1.54, 1.807) is 0 Å². The molecule has 0 N–H and O–H groups in total. The van der Waals surface area contributed by atoms with Crippen molar-refractivity contribution in [1.29, 1.82) is 0 Å². The Labute approximate surface area is 399 Å². The van der Waals surface area contributed by atoms with Gasteiger partial charge in [-0.1, -0.05) is 207 Å². The maximum Gasteiger partial charge on any atom is 0.164 e. The first-order valence-corrected chi connectivity index (χ1v) is 23.2. The Morgan fingerprint density at radius 3 is 1.70 bits per heavy atom. The lowest BCUT2D eigenvalue weighted by atomic mass is 9.70. The van der Waals surface area contributed by atoms with Gasteiger partial charge < -0.3 is 4.42 Å². The number of nitrogens with zero attached hydrogens (tertiary/aromatic N) is 5. The topological polar surface area (TPSA) is 76.5 Å². The number of para-hydroxylation sites is 1. The first-order chi connectivity index (χ1) is 34.0. The molecule has 0 fully saturated rings. The highest BCUT2D eigenvalue weighted by Gasteiger charge is 2.53. The number of amidine groups is 1. The number of aliphatic imine (C=N–C) groups is 2. The number of furan rings is 1. The smallest absolute Gasteiger partial charge is 0.164 e. The maximum atomic E-state index is 6.88. The van der Waals surface area contributed by atoms with Gasteiger partial charge in [-0.25, -0.2) is 24.9 Å². The van der Waals surface area contributed by atoms with Gasteiger partial charge in [0.1, 0.15) is 11.2 Å². The third-order valence-corrected chi connectivity index (χ3v) is 13.7. The quantitative estimate of drug-likeness (QED) is 0.118. The van der Waals surface area contributed by atoms with E-state index in [-0.39, 0.29) is 0 Å². The first kappa shape index (κ1) is 40.2. The molecule has 13 rings (SSSR count). The van der Waals surface area contributed by atoms with Gasteiger partial charge in [-0.3, -0.25) is 0 Å². The highest BCUT2D eigenvalue weighted by Crippen LogP contribution is 2.64. The summed E-state index contributed by atoms with van der Waals surface area (Å²) in [6.45, 7) is 6.43. The molecule has 0 radical (unpaired) electrons. The Balaban J connectivity index is 1.05. The molecule has 0 amide bonds. The van der Waals surface area contributed by atoms with E-state index < -0.39 is 5.41 Å². The Hall–Kier alpha value is -9.13. The van der Waals surface area contributed by atoms with Gasteiger partial charge in [-0.05, 0) is 75.2 Å². The van der Waals surface area contributed by atoms with Crippen molar-refractivity contribution in [2.75, 3.05) is 0 Å². The van der Waals surface area contributed by atoms with E-state index in [0.29, 0.717) is 29.0 Å². The number of benzene rings is 9. The zero-order chi connectivity index (χ0) is 46.1. The number of fused-ring (bicyclic) bond motifs is 14. The minimum Gasteiger partial charge on any atom is -0.455 e. The second kappa shape index (κ2) is 16.0. The molecule has 324 valence electrons. The number of aromatic nitrogens is 3. The van der Waals surface area contributed by atoms with Gasteiger partial charge in [0.05, 0.1) is 11.1 Å². The average molecular weight is 884 g/mol. The molecule has 2 heterocycles. The average Bonchev–Trinajstić information content (AvgIpc) is 4.05. The predicted octanol–water partition coefficient (Wildman–Crippen LogP) is 15.0. The second-order valence-corrected chi connectivity index (χ2v) is 17.6. The van der Waals surface area contributed by atoms with Crippen molar-refractivity contribution in [2.45, 2.75) is 12.3 Å². The van der Waals surface area contributed by atoms with Crippen molar-refractivity contribution in [3.8, 4) is 56.4 Å². The van der Waals surface area contributed by atoms with Gasteiger partial charge in [0.25, 0.3) is 0 Å². The van der Waals surface area contributed by atoms with Crippen LogP contribution in [0.25, 0.3) is 84.1 Å². The summed E-state index contributed by atoms with van der Waals surface area (Å²) >= 11 is 0. The third-order valence-electron chi connectivity index (χ3n) is 13.7. The molecule has 0 aliphatic heterocycles. The molecule has 69 heavy (non-hydrogen) atoms. The molecule has 1 atom stereocenters. The molecule has 2 aliphatic carbocycles. The van der Waals surface area contributed by atoms with Gasteiger partial charge in [-0.15, -0.1) is 0 Å². The predicted molar refractivity (Wildman–Crippen MR) is 280 cm³/mol. The van der Waals surface area contributed by atoms with E-state index in [0.717, 1.165) is 94.4 Å². The summed E-state index contributed by atoms with van der Waals surface area (Å²) in [5, 5.41) is 2.19. The molecule has 6 nitrogen and oxygen atoms in total. The maximum absolute atomic E-state index is 6.88. The summed E-state index contributed by atoms with van der Waals surface area (Å²) in [5.41, 5.74) is 17.3. The number of hydrogen-bond donors (Lipinski definition) is 0. The van der Waals surface area contributed by atoms with Crippen LogP contribution in [0.5, 0.6) is 0 Å². The van der Waals surface area contributed by atoms with Crippen LogP contribution >= 0.6 is 0 Å². The van der Waals surface area contributed by atoms with E-state index in [1.807, 2.05) is 127 Å². The van der Waals surface area contributed by atoms with Crippen molar-refractivity contribution >= 4 is 39.2 Å². The first-order valence-electron chi connectivity index (χ1n) is 23.2. The Bertz CT molecular complexity index is 3860. The van der Waals surface area contributed by atoms with Crippen LogP contribution in [0, 0.1) is 0 Å². The van der Waals surface area contributed by atoms with Crippen LogP contribution in [-0.2, 0) is 5.41 Å². The number of hydrogen-bond acceptors (Lipinski definition) is 5. The fourth-order valence-corrected chi connectivity index (χ4v) is 10.5. The summed E-state index contributed by atoms with van der Waals surface area (Å²) in [5.74, 6) is 2.43. The van der Waals surface area contributed by atoms with Crippen molar-refractivity contribution in [3.05, 3.63) is 264 Å². The van der Waals surface area contributed by atoms with Gasteiger partial charge in [-0.2, -0.15) is 0 Å². The summed E-state index contributed by atoms with van der Waals surface area (Å²) in [6, 6.07) is 75.7. The van der Waals surface area contributed by atoms with Crippen molar-refractivity contribution < 1.29 is 4.42 Å². The molecule has 2 aliphatic rings. The van der Waals surface area contributed by atoms with Crippen molar-refractivity contribution in [3.63, 3.8) is 0 Å². The van der Waals surface area contributed by atoms with Crippen LogP contribution in [0.3, 0.4) is 0 Å². The second-order valence-electron chi connectivity index (χ2n) is 17.6. The molecule has 0 bridgehead atoms. The van der Waals surface area contributed by atoms with Crippen LogP contribution < -0.4 is 0 Å². The van der Waals surface area contributed by atoms with E-state index in [9.17, 15) is 0 Å². The summed E-state index contributed by atoms with van der Waals surface area (Å²) in [6.07, 6.45) is 0. The lowest BCUT2D eigenvalue weighted by Gasteiger charge is -2.31. The highest BCUT2D eigenvalue weighted by molar-refractivity contribution is 6.15. The summed E-state index contributed by atoms with van der Waals surface area (Å²) in [7, 11) is 0. The van der Waals surface area contributed by atoms with Crippen molar-refractivity contribution in [2.24, 2.45) is 9.98 Å². The van der Waals surface area contributed by atoms with Gasteiger partial charge in [0.2, 0.25) is 0 Å². The molecule has 1 spiro atoms. The van der Waals surface area contributed by atoms with Crippen LogP contribution in [-0.4, -0.2) is 26.5 Å². The minimum absolute atomic E-state index is 0.594. The Morgan fingerprint density at radius 1 is 0.435 bits per heavy atom. The van der Waals surface area contributed by atoms with Crippen LogP contribution in [0.1, 0.15) is 45.9 Å². The van der Waals surface area contributed by atoms with E-state index in [1.165, 1.54) is 11.1 Å². The lowest BCUT2D eigenvalue weighted by molar-refractivity contribution is 0.669. The van der Waals surface area contributed by atoms with E-state index in [2.05, 4.69) is 104 Å². The molecule has 0 saturated heterocycles. The monoisotopic (exact) mass is 883 g/mol. The molecule has 1 unspecified atom stereocenters. The molecule has 9 aromatic carbocycles. The molecular weight excluding hydrogens is 843 g/mol. The fraction of sp³-hybridized carbons (Fsp3) is 0.0317. The van der Waals surface area contributed by atoms with Crippen LogP contribution in [0.15, 0.2) is 239 Å². The van der Waals surface area contributed by atoms with Gasteiger partial charge in [0, 0.05) is 44.3 Å². The normalized spacial score (nSPS) is 14.7. The van der Waals surface area contributed by atoms with Crippen LogP contribution in [0.2, 0.25) is 0 Å². The zero-order valence-corrected chi connectivity index (χ0v) is 37.6. The molecule has 6 heteroatoms. The largest absolute Gasteiger partial charge is 0.455 e. The number of rotatable bonds is 7. The van der Waals surface area contributed by atoms with E-state index in [4.69, 9.17) is 29.4 Å². The minimum atomic E-state index is -0.744. The summed E-state index contributed by atoms with van der Waals surface area (Å²) < 4.78 is 6.88. The fourth-order valence-electron chi connectivity index (χ4n) is 10.5. The molecule has 11 aromatic rings. The lowest BCUT2D eigenvalue weighted by Crippen LogP contribution is -2.26. The zero-order valence-electron chi connectivity index (χ0n) is 37.6. The standard InChI is InChI=1S/C63H41N5O/c1-39(41-19-7-3-8-20-41)64-59(42-21-9-4-10-22-42)65-40(2)45-31-33-47-48-34-32-46(62-67-60(43-23-11-5-12-24-43)66-61(68-62)44-25-13-6-14-26-44)38-55(48)63(54(47)37-45)52-29-17-15-28-51(52)57-53(63)36-35-50-49-27-16-18-30-56(49)69-58(50)57/h3-38H,1H2,2H3/b64-59-,65-40+. The molecule has 0 saturated carbocycles. The van der Waals surface area contributed by atoms with E-state index >= 15 is 0 Å². The van der Waals surface area contributed by atoms with Gasteiger partial charge >= 0.3 is 0 Å². The Kier molecular flexibility index (Phi) is 9.34. The SMILES string of the molecule is C=C(/N=C(\N=C(/C)c1ccc2c(c1)C1(c3cc(-c4nc(-c5ccccc5)nc(-c5ccccc5)n4)ccc3-2)c2ccccc2-c2c1ccc1c2oc2ccccc21)c1ccccc1)c1ccccc1. The summed E-state index contributed by atoms with van der Waals surface area (Å²) in [4.78, 5) is 25.8. The molecular formula is C63H41N5O. The molecule has 2 aromatic heterocycles. The van der Waals surface area contributed by atoms with Gasteiger partial charge in [0.15, 0.2) is 23.3 Å². The Morgan fingerprint density at radius 2 is 1.00 bits per heavy atom. The highest BCUT2D eigenvalue weighted by atomic mass is 16.3. The third kappa shape index (κ3) is 6.45. The van der Waals surface area contributed by atoms with Crippen molar-refractivity contribution in [1.82, 2.24) is 15.0 Å². The van der Waals surface area contributed by atoms with Crippen LogP contribution in [0.4, 0.5) is 0 Å².